The van der Waals surface area contributed by atoms with Crippen LogP contribution >= 0.6 is 0 Å². The number of hydrogen-bond donors (Lipinski definition) is 0. The van der Waals surface area contributed by atoms with Crippen LogP contribution in [0.5, 0.6) is 0 Å². The first-order valence-electron chi connectivity index (χ1n) is 30.3. The van der Waals surface area contributed by atoms with Gasteiger partial charge in [0.1, 0.15) is 17.2 Å². The minimum absolute atomic E-state index is 0. The molecule has 12 aromatic rings. The van der Waals surface area contributed by atoms with E-state index >= 15 is 0 Å². The van der Waals surface area contributed by atoms with Crippen LogP contribution in [0.1, 0.15) is 104 Å². The molecule has 0 saturated carbocycles. The van der Waals surface area contributed by atoms with Crippen molar-refractivity contribution in [1.82, 2.24) is 34.5 Å². The summed E-state index contributed by atoms with van der Waals surface area (Å²) in [5.74, 6) is 9.98. The first-order valence-corrected chi connectivity index (χ1v) is 41.1. The molecular formula is C76H78F2GeIrN7OSi. The molecule has 0 radical (unpaired) electrons. The van der Waals surface area contributed by atoms with Gasteiger partial charge in [0.25, 0.3) is 0 Å². The summed E-state index contributed by atoms with van der Waals surface area (Å²) in [4.78, 5) is 29.0. The molecule has 0 amide bonds. The van der Waals surface area contributed by atoms with Crippen molar-refractivity contribution in [1.29, 1.82) is 0 Å². The van der Waals surface area contributed by atoms with Gasteiger partial charge in [-0.1, -0.05) is 167 Å². The smallest absolute Gasteiger partial charge is 3.00 e. The van der Waals surface area contributed by atoms with Crippen molar-refractivity contribution in [3.8, 4) is 62.1 Å². The third kappa shape index (κ3) is 14.8. The number of rotatable bonds is 10. The average molecular weight is 1440 g/mol. The van der Waals surface area contributed by atoms with Crippen LogP contribution in [0.15, 0.2) is 175 Å². The van der Waals surface area contributed by atoms with E-state index in [2.05, 4.69) is 242 Å². The van der Waals surface area contributed by atoms with E-state index in [1.54, 1.807) is 12.1 Å². The van der Waals surface area contributed by atoms with Crippen molar-refractivity contribution >= 4 is 63.9 Å². The molecule has 5 aromatic heterocycles. The quantitative estimate of drug-likeness (QED) is 0.0994. The van der Waals surface area contributed by atoms with Gasteiger partial charge in [-0.05, 0) is 75.3 Å². The number of para-hydroxylation sites is 2. The number of fused-ring (bicyclic) bond motifs is 4. The van der Waals surface area contributed by atoms with E-state index in [4.69, 9.17) is 24.4 Å². The molecule has 0 aliphatic carbocycles. The summed E-state index contributed by atoms with van der Waals surface area (Å²) in [6.07, 6.45) is 3.88. The van der Waals surface area contributed by atoms with Crippen LogP contribution in [0.2, 0.25) is 36.9 Å². The minimum atomic E-state index is -1.79. The third-order valence-corrected chi connectivity index (χ3v) is 21.8. The van der Waals surface area contributed by atoms with Crippen LogP contribution in [-0.4, -0.2) is 55.8 Å². The molecule has 0 bridgehead atoms. The Hall–Kier alpha value is -7.61. The molecule has 0 aliphatic heterocycles. The SMILES string of the molecule is CC(C)c1cc(-c2ccccc2)cc(C(C)C)c1-n1c(-c2[c-]ccc3c2oc2cc(-c4nc(C(C)(C)C)nc(C(C)(C)C)n4)ccc23)nc2ccccc21.C[Si](C)(C)c1ccc(-c2[c-]cc(F)cc2)nc1.[CH3][Ge]([CH3])([CH3])[c]1ccc(-c2[c-]cc(F)cc2)nc1.[Ir+3]. The predicted octanol–water partition coefficient (Wildman–Crippen LogP) is 19.2. The van der Waals surface area contributed by atoms with Crippen molar-refractivity contribution < 1.29 is 33.3 Å². The zero-order chi connectivity index (χ0) is 63.0. The molecule has 13 heteroatoms. The second kappa shape index (κ2) is 26.5. The molecule has 0 fully saturated rings. The number of imidazole rings is 1. The first kappa shape index (κ1) is 65.8. The van der Waals surface area contributed by atoms with Gasteiger partial charge in [-0.25, -0.2) is 15.0 Å². The molecule has 0 unspecified atom stereocenters. The van der Waals surface area contributed by atoms with Gasteiger partial charge >= 0.3 is 124 Å². The van der Waals surface area contributed by atoms with Gasteiger partial charge in [0.05, 0.1) is 30.5 Å². The number of nitrogens with zero attached hydrogens (tertiary/aromatic N) is 7. The average Bonchev–Trinajstić information content (AvgIpc) is 1.67. The van der Waals surface area contributed by atoms with Gasteiger partial charge in [0.2, 0.25) is 0 Å². The summed E-state index contributed by atoms with van der Waals surface area (Å²) in [6, 6.07) is 60.7. The van der Waals surface area contributed by atoms with E-state index in [-0.39, 0.29) is 54.4 Å². The number of benzene rings is 7. The van der Waals surface area contributed by atoms with Crippen LogP contribution in [0.4, 0.5) is 8.78 Å². The maximum Gasteiger partial charge on any atom is 3.00 e. The number of pyridine rings is 2. The van der Waals surface area contributed by atoms with E-state index in [1.807, 2.05) is 30.6 Å². The van der Waals surface area contributed by atoms with Crippen molar-refractivity contribution in [3.63, 3.8) is 0 Å². The van der Waals surface area contributed by atoms with Crippen molar-refractivity contribution in [3.05, 3.63) is 223 Å². The minimum Gasteiger partial charge on any atom is 3.00 e. The Kier molecular flexibility index (Phi) is 19.6. The topological polar surface area (TPSA) is 95.4 Å². The zero-order valence-electron chi connectivity index (χ0n) is 53.9. The van der Waals surface area contributed by atoms with Crippen LogP contribution in [0.3, 0.4) is 0 Å². The third-order valence-electron chi connectivity index (χ3n) is 15.6. The molecule has 5 heterocycles. The standard InChI is InChI=1S/C48H48N5O.C14H15FGeN.C14H15FNSi.Ir/c1-28(2)36-25-32(30-17-12-11-13-18-30)26-37(29(3)4)41(36)53-39-22-15-14-21-38(39)49-44(53)35-20-16-19-34-33-24-23-31(27-40(33)54-42(34)35)43-50-45(47(5,6)7)52-46(51-43)48(8,9)10;1-16(2,3)13-8-9-14(17-10-13)11-4-6-12(15)7-5-11;1-17(2,3)13-8-9-14(16-10-13)11-4-6-12(15)7-5-11;/h11-19,21-29H,1-10H3;2*4,6-10H,1-3H3;/q3*-1;+3. The largest absolute Gasteiger partial charge is 3.00 e. The predicted molar refractivity (Wildman–Crippen MR) is 365 cm³/mol. The van der Waals surface area contributed by atoms with Crippen LogP contribution < -0.4 is 9.58 Å². The Morgan fingerprint density at radius 3 is 1.64 bits per heavy atom. The van der Waals surface area contributed by atoms with Crippen molar-refractivity contribution in [2.24, 2.45) is 0 Å². The summed E-state index contributed by atoms with van der Waals surface area (Å²) in [5, 5.41) is 3.35. The first-order chi connectivity index (χ1) is 41.6. The number of hydrogen-bond acceptors (Lipinski definition) is 7. The van der Waals surface area contributed by atoms with E-state index in [0.717, 1.165) is 84.1 Å². The molecule has 0 atom stereocenters. The van der Waals surface area contributed by atoms with E-state index in [0.29, 0.717) is 5.82 Å². The zero-order valence-corrected chi connectivity index (χ0v) is 59.4. The Balaban J connectivity index is 0.000000218. The maximum atomic E-state index is 12.8. The normalized spacial score (nSPS) is 12.0. The number of halogens is 2. The van der Waals surface area contributed by atoms with Gasteiger partial charge in [-0.15, -0.1) is 48.0 Å². The van der Waals surface area contributed by atoms with Crippen molar-refractivity contribution in [2.45, 2.75) is 129 Å². The summed E-state index contributed by atoms with van der Waals surface area (Å²) in [6.45, 7) is 28.8. The number of aromatic nitrogens is 7. The Labute approximate surface area is 541 Å². The fraction of sp³-hybridized carbons (Fsp3) is 0.263. The van der Waals surface area contributed by atoms with Gasteiger partial charge in [-0.3, -0.25) is 9.37 Å². The summed E-state index contributed by atoms with van der Waals surface area (Å²) >= 11 is -1.79. The molecule has 8 nitrogen and oxygen atoms in total. The Morgan fingerprint density at radius 1 is 0.562 bits per heavy atom. The van der Waals surface area contributed by atoms with Gasteiger partial charge in [0, 0.05) is 39.5 Å². The van der Waals surface area contributed by atoms with Crippen LogP contribution in [0.25, 0.3) is 95.1 Å². The van der Waals surface area contributed by atoms with Gasteiger partial charge in [0.15, 0.2) is 5.82 Å². The second-order valence-corrected chi connectivity index (χ2v) is 43.1. The summed E-state index contributed by atoms with van der Waals surface area (Å²) in [7, 11) is -1.30. The fourth-order valence-corrected chi connectivity index (χ4v) is 13.6. The molecule has 12 rings (SSSR count). The monoisotopic (exact) mass is 1440 g/mol. The molecule has 0 aliphatic rings. The molecular weight excluding hydrogens is 1360 g/mol. The molecule has 7 aromatic carbocycles. The van der Waals surface area contributed by atoms with Crippen molar-refractivity contribution in [2.75, 3.05) is 0 Å². The van der Waals surface area contributed by atoms with Crippen LogP contribution in [0, 0.1) is 29.8 Å². The molecule has 0 spiro atoms. The summed E-state index contributed by atoms with van der Waals surface area (Å²) < 4.78 is 36.1. The molecule has 89 heavy (non-hydrogen) atoms. The summed E-state index contributed by atoms with van der Waals surface area (Å²) in [5.41, 5.74) is 14.2. The second-order valence-electron chi connectivity index (χ2n) is 27.4. The fourth-order valence-electron chi connectivity index (χ4n) is 10.4. The van der Waals surface area contributed by atoms with E-state index < -0.39 is 21.3 Å². The maximum absolute atomic E-state index is 12.8. The Bertz CT molecular complexity index is 4260. The van der Waals surface area contributed by atoms with Crippen LogP contribution in [-0.2, 0) is 30.9 Å². The molecule has 0 N–H and O–H groups in total. The van der Waals surface area contributed by atoms with E-state index in [1.165, 1.54) is 61.8 Å². The van der Waals surface area contributed by atoms with Gasteiger partial charge in [-0.2, -0.15) is 0 Å². The van der Waals surface area contributed by atoms with E-state index in [9.17, 15) is 8.78 Å². The number of furan rings is 1. The molecule has 0 saturated heterocycles. The Morgan fingerprint density at radius 2 is 1.13 bits per heavy atom. The molecule has 454 valence electrons. The van der Waals surface area contributed by atoms with Gasteiger partial charge < -0.3 is 14.0 Å².